The van der Waals surface area contributed by atoms with Gasteiger partial charge in [-0.3, -0.25) is 4.79 Å². The molecule has 48 heavy (non-hydrogen) atoms. The Morgan fingerprint density at radius 1 is 0.896 bits per heavy atom. The first-order valence-corrected chi connectivity index (χ1v) is 19.5. The van der Waals surface area contributed by atoms with E-state index in [4.69, 9.17) is 0 Å². The zero-order valence-corrected chi connectivity index (χ0v) is 30.9. The van der Waals surface area contributed by atoms with E-state index in [0.717, 1.165) is 27.6 Å². The number of carbonyl (C=O) groups excluding carboxylic acids is 1. The van der Waals surface area contributed by atoms with Gasteiger partial charge in [-0.05, 0) is 72.9 Å². The van der Waals surface area contributed by atoms with Gasteiger partial charge in [-0.15, -0.1) is 0 Å². The van der Waals surface area contributed by atoms with Gasteiger partial charge in [0, 0.05) is 15.4 Å². The Hall–Kier alpha value is -3.35. The number of ketones is 1. The van der Waals surface area contributed by atoms with E-state index < -0.39 is 22.3 Å². The Labute approximate surface area is 293 Å². The number of carbonyl (C=O) groups is 1. The number of rotatable bonds is 4. The third-order valence-corrected chi connectivity index (χ3v) is 14.6. The van der Waals surface area contributed by atoms with Crippen LogP contribution in [0.3, 0.4) is 0 Å². The predicted molar refractivity (Wildman–Crippen MR) is 202 cm³/mol. The Bertz CT molecular complexity index is 2070. The van der Waals surface area contributed by atoms with Gasteiger partial charge in [-0.25, -0.2) is 4.21 Å². The molecule has 3 nitrogen and oxygen atoms in total. The zero-order valence-electron chi connectivity index (χ0n) is 29.3. The molecule has 0 amide bonds. The van der Waals surface area contributed by atoms with E-state index >= 15 is 0 Å². The topological polar surface area (TPSA) is 37.4 Å². The molecule has 3 aromatic carbocycles. The minimum atomic E-state index is -1.36. The lowest BCUT2D eigenvalue weighted by Crippen LogP contribution is -2.58. The van der Waals surface area contributed by atoms with Crippen molar-refractivity contribution >= 4 is 51.9 Å². The Balaban J connectivity index is 1.41. The fourth-order valence-corrected chi connectivity index (χ4v) is 11.6. The summed E-state index contributed by atoms with van der Waals surface area (Å²) in [5, 5.41) is 0. The second-order valence-electron chi connectivity index (χ2n) is 15.6. The highest BCUT2D eigenvalue weighted by molar-refractivity contribution is 8.04. The molecule has 3 unspecified atom stereocenters. The lowest BCUT2D eigenvalue weighted by molar-refractivity contribution is 0.0903. The minimum Gasteiger partial charge on any atom is -0.328 e. The van der Waals surface area contributed by atoms with Gasteiger partial charge >= 0.3 is 0 Å². The normalized spacial score (nSPS) is 27.2. The number of para-hydroxylation sites is 2. The van der Waals surface area contributed by atoms with E-state index in [9.17, 15) is 9.00 Å². The van der Waals surface area contributed by atoms with Crippen molar-refractivity contribution in [2.45, 2.75) is 82.0 Å². The molecule has 0 bridgehead atoms. The molecule has 244 valence electrons. The summed E-state index contributed by atoms with van der Waals surface area (Å²) >= 11 is 1.84. The number of hydrogen-bond acceptors (Lipinski definition) is 4. The first-order chi connectivity index (χ1) is 22.9. The average Bonchev–Trinajstić information content (AvgIpc) is 3.06. The standard InChI is InChI=1S/C42H44BNO2S2/c1-24(2)27-20-29(25(3)4)40(41(7,22-27)26(5)6)43-31-15-9-11-17-34(31)47-35-23-42(8)30(21-32(35)43)39(45)28-14-13-19-37-38(28)44(42)33-16-10-12-18-36(33)48(37)46/h9-21,23-26,30H,22H2,1-8H3/t30-,41?,42?,48?/m1/s1. The van der Waals surface area contributed by atoms with Gasteiger partial charge in [0.2, 0.25) is 6.71 Å². The van der Waals surface area contributed by atoms with Crippen LogP contribution < -0.4 is 10.4 Å². The lowest BCUT2D eigenvalue weighted by Gasteiger charge is -2.54. The monoisotopic (exact) mass is 669 g/mol. The zero-order chi connectivity index (χ0) is 33.9. The van der Waals surface area contributed by atoms with Crippen LogP contribution in [0.4, 0.5) is 11.4 Å². The molecule has 6 heteroatoms. The first-order valence-electron chi connectivity index (χ1n) is 17.5. The molecule has 0 fully saturated rings. The third kappa shape index (κ3) is 4.34. The summed E-state index contributed by atoms with van der Waals surface area (Å²) in [7, 11) is -1.36. The number of benzene rings is 3. The first kappa shape index (κ1) is 31.9. The summed E-state index contributed by atoms with van der Waals surface area (Å²) in [6, 6.07) is 22.7. The molecule has 8 rings (SSSR count). The molecule has 4 atom stereocenters. The van der Waals surface area contributed by atoms with Crippen molar-refractivity contribution in [2.75, 3.05) is 4.90 Å². The Kier molecular flexibility index (Phi) is 7.36. The molecular formula is C42H44BNO2S2. The molecule has 0 saturated heterocycles. The SMILES string of the molecule is CC(C)C1=CC(C(C)C)=C(B2C3=C[C@@H]4C(=O)c5cccc6c5N(c5ccccc5S6=O)C4(C)C=C3Sc3ccccc32)C(C)(C(C)C)C1. The molecule has 0 spiro atoms. The van der Waals surface area contributed by atoms with Crippen LogP contribution in [0.1, 0.15) is 72.2 Å². The number of fused-ring (bicyclic) bond motifs is 6. The molecule has 2 aliphatic carbocycles. The maximum Gasteiger partial charge on any atom is 0.240 e. The smallest absolute Gasteiger partial charge is 0.240 e. The maximum absolute atomic E-state index is 14.8. The van der Waals surface area contributed by atoms with Gasteiger partial charge in [-0.2, -0.15) is 0 Å². The summed E-state index contributed by atoms with van der Waals surface area (Å²) in [5.41, 5.74) is 8.82. The molecule has 3 aliphatic heterocycles. The van der Waals surface area contributed by atoms with Crippen LogP contribution in [-0.2, 0) is 10.8 Å². The van der Waals surface area contributed by atoms with Crippen molar-refractivity contribution in [3.63, 3.8) is 0 Å². The Morgan fingerprint density at radius 3 is 2.33 bits per heavy atom. The van der Waals surface area contributed by atoms with Gasteiger partial charge in [0.1, 0.15) is 0 Å². The number of nitrogens with zero attached hydrogens (tertiary/aromatic N) is 1. The molecular weight excluding hydrogens is 625 g/mol. The van der Waals surface area contributed by atoms with Crippen LogP contribution in [-0.4, -0.2) is 22.2 Å². The maximum atomic E-state index is 14.8. The quantitative estimate of drug-likeness (QED) is 0.259. The average molecular weight is 670 g/mol. The van der Waals surface area contributed by atoms with Crippen molar-refractivity contribution < 1.29 is 9.00 Å². The second-order valence-corrected chi connectivity index (χ2v) is 18.1. The number of thioether (sulfide) groups is 1. The lowest BCUT2D eigenvalue weighted by atomic mass is 9.28. The minimum absolute atomic E-state index is 0.0472. The number of anilines is 2. The van der Waals surface area contributed by atoms with E-state index in [-0.39, 0.29) is 17.9 Å². The molecule has 5 aliphatic rings. The van der Waals surface area contributed by atoms with E-state index in [1.165, 1.54) is 37.4 Å². The van der Waals surface area contributed by atoms with Gasteiger partial charge < -0.3 is 4.90 Å². The summed E-state index contributed by atoms with van der Waals surface area (Å²) in [4.78, 5) is 21.2. The highest BCUT2D eigenvalue weighted by Gasteiger charge is 2.55. The van der Waals surface area contributed by atoms with Crippen molar-refractivity contribution in [1.29, 1.82) is 0 Å². The number of allylic oxidation sites excluding steroid dienone is 5. The van der Waals surface area contributed by atoms with Crippen LogP contribution in [0.15, 0.2) is 127 Å². The molecule has 0 aromatic heterocycles. The van der Waals surface area contributed by atoms with E-state index in [2.05, 4.69) is 109 Å². The van der Waals surface area contributed by atoms with Gasteiger partial charge in [-0.1, -0.05) is 136 Å². The van der Waals surface area contributed by atoms with Crippen LogP contribution in [0.2, 0.25) is 0 Å². The molecule has 3 heterocycles. The summed E-state index contributed by atoms with van der Waals surface area (Å²) in [6.07, 6.45) is 8.32. The molecule has 0 radical (unpaired) electrons. The predicted octanol–water partition coefficient (Wildman–Crippen LogP) is 9.89. The van der Waals surface area contributed by atoms with Crippen LogP contribution in [0.25, 0.3) is 0 Å². The van der Waals surface area contributed by atoms with E-state index in [1.54, 1.807) is 0 Å². The van der Waals surface area contributed by atoms with Crippen molar-refractivity contribution in [3.8, 4) is 0 Å². The van der Waals surface area contributed by atoms with E-state index in [0.29, 0.717) is 23.3 Å². The van der Waals surface area contributed by atoms with Crippen molar-refractivity contribution in [3.05, 3.63) is 118 Å². The second kappa shape index (κ2) is 11.1. The van der Waals surface area contributed by atoms with Gasteiger partial charge in [0.15, 0.2) is 5.78 Å². The highest BCUT2D eigenvalue weighted by Crippen LogP contribution is 2.59. The van der Waals surface area contributed by atoms with E-state index in [1.807, 2.05) is 48.2 Å². The summed E-state index contributed by atoms with van der Waals surface area (Å²) in [6.45, 7) is 18.9. The highest BCUT2D eigenvalue weighted by atomic mass is 32.2. The number of Topliss-reactive ketones (excluding diaryl/α,β-unsaturated/α-hetero) is 1. The summed E-state index contributed by atoms with van der Waals surface area (Å²) < 4.78 is 13.9. The van der Waals surface area contributed by atoms with Gasteiger partial charge in [0.25, 0.3) is 0 Å². The summed E-state index contributed by atoms with van der Waals surface area (Å²) in [5.74, 6) is 1.00. The van der Waals surface area contributed by atoms with Crippen LogP contribution >= 0.6 is 11.8 Å². The fraction of sp³-hybridized carbons (Fsp3) is 0.357. The van der Waals surface area contributed by atoms with Crippen LogP contribution in [0.5, 0.6) is 0 Å². The van der Waals surface area contributed by atoms with Crippen molar-refractivity contribution in [2.24, 2.45) is 29.1 Å². The molecule has 0 N–H and O–H groups in total. The van der Waals surface area contributed by atoms with Gasteiger partial charge in [0.05, 0.1) is 43.4 Å². The fourth-order valence-electron chi connectivity index (χ4n) is 8.99. The largest absolute Gasteiger partial charge is 0.328 e. The number of hydrogen-bond donors (Lipinski definition) is 0. The molecule has 0 saturated carbocycles. The Morgan fingerprint density at radius 2 is 1.60 bits per heavy atom. The third-order valence-electron chi connectivity index (χ3n) is 12.0. The molecule has 3 aromatic rings. The van der Waals surface area contributed by atoms with Crippen molar-refractivity contribution in [1.82, 2.24) is 0 Å². The van der Waals surface area contributed by atoms with Crippen LogP contribution in [0, 0.1) is 29.1 Å².